The number of hydrogen-bond donors (Lipinski definition) is 1. The number of benzene rings is 2. The van der Waals surface area contributed by atoms with Gasteiger partial charge in [-0.25, -0.2) is 0 Å². The third-order valence-corrected chi connectivity index (χ3v) is 5.16. The minimum Gasteiger partial charge on any atom is -0.355 e. The highest BCUT2D eigenvalue weighted by Crippen LogP contribution is 2.20. The molecule has 0 bridgehead atoms. The molecule has 0 radical (unpaired) electrons. The van der Waals surface area contributed by atoms with Gasteiger partial charge in [0.05, 0.1) is 0 Å². The van der Waals surface area contributed by atoms with Crippen molar-refractivity contribution in [1.29, 1.82) is 0 Å². The fraction of sp³-hybridized carbons (Fsp3) is 0.409. The lowest BCUT2D eigenvalue weighted by Crippen LogP contribution is -2.41. The molecule has 1 heterocycles. The van der Waals surface area contributed by atoms with Crippen LogP contribution in [0.4, 0.5) is 0 Å². The summed E-state index contributed by atoms with van der Waals surface area (Å²) in [6.07, 6.45) is 1.91. The summed E-state index contributed by atoms with van der Waals surface area (Å²) in [5.74, 6) is 0.737. The number of nitrogens with one attached hydrogen (secondary N) is 1. The lowest BCUT2D eigenvalue weighted by atomic mass is 9.95. The summed E-state index contributed by atoms with van der Waals surface area (Å²) in [5, 5.41) is 3.16. The Bertz CT molecular complexity index is 648. The molecule has 0 aliphatic carbocycles. The van der Waals surface area contributed by atoms with Crippen LogP contribution >= 0.6 is 0 Å². The van der Waals surface area contributed by atoms with Crippen LogP contribution in [0.25, 0.3) is 0 Å². The van der Waals surface area contributed by atoms with E-state index in [0.717, 1.165) is 32.5 Å². The summed E-state index contributed by atoms with van der Waals surface area (Å²) in [7, 11) is 0. The molecule has 1 atom stereocenters. The minimum atomic E-state index is 0.162. The second-order valence-electron chi connectivity index (χ2n) is 7.09. The lowest BCUT2D eigenvalue weighted by Gasteiger charge is -2.31. The first-order valence-electron chi connectivity index (χ1n) is 9.31. The van der Waals surface area contributed by atoms with Gasteiger partial charge in [-0.3, -0.25) is 9.69 Å². The first-order chi connectivity index (χ1) is 12.2. The van der Waals surface area contributed by atoms with Crippen molar-refractivity contribution in [3.8, 4) is 0 Å². The number of carbonyl (C=O) groups excluding carboxylic acids is 1. The molecule has 3 heteroatoms. The predicted octanol–water partition coefficient (Wildman–Crippen LogP) is 3.82. The Labute approximate surface area is 151 Å². The van der Waals surface area contributed by atoms with Crippen LogP contribution in [0.2, 0.25) is 0 Å². The quantitative estimate of drug-likeness (QED) is 0.870. The van der Waals surface area contributed by atoms with E-state index in [9.17, 15) is 4.79 Å². The second-order valence-corrected chi connectivity index (χ2v) is 7.09. The highest BCUT2D eigenvalue weighted by Gasteiger charge is 2.25. The van der Waals surface area contributed by atoms with Gasteiger partial charge in [0, 0.05) is 19.0 Å². The molecule has 1 N–H and O–H groups in total. The number of likely N-dealkylation sites (tertiary alicyclic amines) is 1. The molecule has 2 aromatic carbocycles. The van der Waals surface area contributed by atoms with Crippen molar-refractivity contribution in [3.05, 3.63) is 71.8 Å². The molecule has 1 saturated heterocycles. The van der Waals surface area contributed by atoms with Crippen molar-refractivity contribution in [2.75, 3.05) is 19.6 Å². The van der Waals surface area contributed by atoms with Crippen molar-refractivity contribution >= 4 is 5.91 Å². The van der Waals surface area contributed by atoms with Gasteiger partial charge >= 0.3 is 0 Å². The number of amides is 1. The Morgan fingerprint density at radius 2 is 1.64 bits per heavy atom. The van der Waals surface area contributed by atoms with Gasteiger partial charge in [-0.2, -0.15) is 0 Å². The Morgan fingerprint density at radius 3 is 2.28 bits per heavy atom. The standard InChI is InChI=1S/C22H28N2O/c1-18(20-10-6-3-7-11-20)16-23-22(25)21-12-14-24(15-13-21)17-19-8-4-2-5-9-19/h2-11,18,21H,12-17H2,1H3,(H,23,25)/t18-/m1/s1. The van der Waals surface area contributed by atoms with Gasteiger partial charge in [-0.15, -0.1) is 0 Å². The monoisotopic (exact) mass is 336 g/mol. The fourth-order valence-electron chi connectivity index (χ4n) is 3.49. The SMILES string of the molecule is C[C@H](CNC(=O)C1CCN(Cc2ccccc2)CC1)c1ccccc1. The zero-order valence-corrected chi connectivity index (χ0v) is 15.0. The summed E-state index contributed by atoms with van der Waals surface area (Å²) >= 11 is 0. The Morgan fingerprint density at radius 1 is 1.04 bits per heavy atom. The first-order valence-corrected chi connectivity index (χ1v) is 9.31. The van der Waals surface area contributed by atoms with E-state index in [1.165, 1.54) is 11.1 Å². The molecule has 0 saturated carbocycles. The number of rotatable bonds is 6. The zero-order valence-electron chi connectivity index (χ0n) is 15.0. The van der Waals surface area contributed by atoms with E-state index in [4.69, 9.17) is 0 Å². The van der Waals surface area contributed by atoms with E-state index in [1.807, 2.05) is 6.07 Å². The van der Waals surface area contributed by atoms with Gasteiger partial charge in [0.15, 0.2) is 0 Å². The summed E-state index contributed by atoms with van der Waals surface area (Å²) in [4.78, 5) is 14.9. The van der Waals surface area contributed by atoms with Crippen molar-refractivity contribution in [3.63, 3.8) is 0 Å². The summed E-state index contributed by atoms with van der Waals surface area (Å²) < 4.78 is 0. The van der Waals surface area contributed by atoms with Gasteiger partial charge < -0.3 is 5.32 Å². The fourth-order valence-corrected chi connectivity index (χ4v) is 3.49. The maximum absolute atomic E-state index is 12.5. The van der Waals surface area contributed by atoms with Crippen molar-refractivity contribution in [1.82, 2.24) is 10.2 Å². The highest BCUT2D eigenvalue weighted by molar-refractivity contribution is 5.78. The molecular weight excluding hydrogens is 308 g/mol. The molecule has 25 heavy (non-hydrogen) atoms. The van der Waals surface area contributed by atoms with Gasteiger partial charge in [0.2, 0.25) is 5.91 Å². The van der Waals surface area contributed by atoms with Crippen molar-refractivity contribution < 1.29 is 4.79 Å². The number of carbonyl (C=O) groups is 1. The van der Waals surface area contributed by atoms with Gasteiger partial charge in [0.1, 0.15) is 0 Å². The molecule has 132 valence electrons. The third kappa shape index (κ3) is 5.17. The van der Waals surface area contributed by atoms with Gasteiger partial charge in [0.25, 0.3) is 0 Å². The van der Waals surface area contributed by atoms with Crippen LogP contribution < -0.4 is 5.32 Å². The summed E-state index contributed by atoms with van der Waals surface area (Å²) in [6.45, 7) is 5.87. The molecule has 3 rings (SSSR count). The molecule has 0 spiro atoms. The van der Waals surface area contributed by atoms with E-state index < -0.39 is 0 Å². The topological polar surface area (TPSA) is 32.3 Å². The third-order valence-electron chi connectivity index (χ3n) is 5.16. The summed E-state index contributed by atoms with van der Waals surface area (Å²) in [5.41, 5.74) is 2.63. The highest BCUT2D eigenvalue weighted by atomic mass is 16.1. The predicted molar refractivity (Wildman–Crippen MR) is 102 cm³/mol. The summed E-state index contributed by atoms with van der Waals surface area (Å²) in [6, 6.07) is 20.9. The minimum absolute atomic E-state index is 0.162. The molecule has 0 aromatic heterocycles. The molecule has 0 unspecified atom stereocenters. The number of nitrogens with zero attached hydrogens (tertiary/aromatic N) is 1. The smallest absolute Gasteiger partial charge is 0.223 e. The molecule has 3 nitrogen and oxygen atoms in total. The molecule has 1 aliphatic rings. The Hall–Kier alpha value is -2.13. The van der Waals surface area contributed by atoms with Crippen LogP contribution in [-0.4, -0.2) is 30.4 Å². The zero-order chi connectivity index (χ0) is 17.5. The van der Waals surface area contributed by atoms with Crippen LogP contribution in [0.3, 0.4) is 0 Å². The maximum Gasteiger partial charge on any atom is 0.223 e. The van der Waals surface area contributed by atoms with Gasteiger partial charge in [-0.05, 0) is 43.0 Å². The van der Waals surface area contributed by atoms with Crippen molar-refractivity contribution in [2.24, 2.45) is 5.92 Å². The van der Waals surface area contributed by atoms with Crippen LogP contribution in [0.15, 0.2) is 60.7 Å². The van der Waals surface area contributed by atoms with Gasteiger partial charge in [-0.1, -0.05) is 67.6 Å². The molecule has 2 aromatic rings. The van der Waals surface area contributed by atoms with Crippen molar-refractivity contribution in [2.45, 2.75) is 32.2 Å². The average Bonchev–Trinajstić information content (AvgIpc) is 2.68. The van der Waals surface area contributed by atoms with Crippen LogP contribution in [0.1, 0.15) is 36.8 Å². The molecule has 1 aliphatic heterocycles. The number of hydrogen-bond acceptors (Lipinski definition) is 2. The normalized spacial score (nSPS) is 17.2. The molecule has 1 fully saturated rings. The van der Waals surface area contributed by atoms with E-state index in [-0.39, 0.29) is 11.8 Å². The number of piperidine rings is 1. The van der Waals surface area contributed by atoms with Crippen LogP contribution in [-0.2, 0) is 11.3 Å². The maximum atomic E-state index is 12.5. The second kappa shape index (κ2) is 8.82. The average molecular weight is 336 g/mol. The molecule has 1 amide bonds. The van der Waals surface area contributed by atoms with E-state index in [0.29, 0.717) is 12.5 Å². The molecular formula is C22H28N2O. The van der Waals surface area contributed by atoms with E-state index in [1.54, 1.807) is 0 Å². The van der Waals surface area contributed by atoms with Crippen LogP contribution in [0.5, 0.6) is 0 Å². The lowest BCUT2D eigenvalue weighted by molar-refractivity contribution is -0.126. The Balaban J connectivity index is 1.41. The Kier molecular flexibility index (Phi) is 6.24. The van der Waals surface area contributed by atoms with E-state index >= 15 is 0 Å². The largest absolute Gasteiger partial charge is 0.355 e. The van der Waals surface area contributed by atoms with Crippen LogP contribution in [0, 0.1) is 5.92 Å². The van der Waals surface area contributed by atoms with E-state index in [2.05, 4.69) is 71.7 Å². The first kappa shape index (κ1) is 17.7.